The van der Waals surface area contributed by atoms with Gasteiger partial charge >= 0.3 is 0 Å². The molecule has 0 unspecified atom stereocenters. The SMILES string of the molecule is O=C(C(c1ccccc1)c1ccccc1)N1CCC(Cn2c(COc3ccccc3)nc3ccccc32)CC1. The van der Waals surface area contributed by atoms with Crippen molar-refractivity contribution in [3.63, 3.8) is 0 Å². The fourth-order valence-corrected chi connectivity index (χ4v) is 5.65. The monoisotopic (exact) mass is 515 g/mol. The molecule has 5 nitrogen and oxygen atoms in total. The summed E-state index contributed by atoms with van der Waals surface area (Å²) in [5.41, 5.74) is 4.22. The summed E-state index contributed by atoms with van der Waals surface area (Å²) in [5, 5.41) is 0. The minimum absolute atomic E-state index is 0.191. The second-order valence-corrected chi connectivity index (χ2v) is 10.3. The Balaban J connectivity index is 1.16. The molecule has 0 N–H and O–H groups in total. The highest BCUT2D eigenvalue weighted by Gasteiger charge is 2.31. The summed E-state index contributed by atoms with van der Waals surface area (Å²) in [4.78, 5) is 20.8. The maximum Gasteiger partial charge on any atom is 0.234 e. The van der Waals surface area contributed by atoms with Gasteiger partial charge in [0.15, 0.2) is 0 Å². The van der Waals surface area contributed by atoms with Crippen molar-refractivity contribution in [3.05, 3.63) is 132 Å². The number of ether oxygens (including phenoxy) is 1. The third kappa shape index (κ3) is 5.58. The predicted octanol–water partition coefficient (Wildman–Crippen LogP) is 6.69. The molecule has 6 rings (SSSR count). The molecule has 1 fully saturated rings. The average molecular weight is 516 g/mol. The van der Waals surface area contributed by atoms with Crippen LogP contribution in [0, 0.1) is 5.92 Å². The first-order chi connectivity index (χ1) is 19.3. The number of rotatable bonds is 8. The van der Waals surface area contributed by atoms with Gasteiger partial charge in [0.2, 0.25) is 5.91 Å². The molecule has 1 saturated heterocycles. The standard InChI is InChI=1S/C34H33N3O2/c38-34(33(27-12-4-1-5-13-27)28-14-6-2-7-15-28)36-22-20-26(21-23-36)24-37-31-19-11-10-18-30(31)35-32(37)25-39-29-16-8-3-9-17-29/h1-19,26,33H,20-25H2. The normalized spacial score (nSPS) is 14.1. The van der Waals surface area contributed by atoms with E-state index in [1.165, 1.54) is 0 Å². The van der Waals surface area contributed by atoms with Gasteiger partial charge in [-0.25, -0.2) is 4.98 Å². The molecular formula is C34H33N3O2. The van der Waals surface area contributed by atoms with Gasteiger partial charge in [0, 0.05) is 19.6 Å². The van der Waals surface area contributed by atoms with E-state index in [0.717, 1.165) is 66.2 Å². The van der Waals surface area contributed by atoms with Crippen LogP contribution in [0.25, 0.3) is 11.0 Å². The highest BCUT2D eigenvalue weighted by atomic mass is 16.5. The van der Waals surface area contributed by atoms with Crippen LogP contribution in [-0.4, -0.2) is 33.4 Å². The van der Waals surface area contributed by atoms with Gasteiger partial charge in [-0.1, -0.05) is 91.0 Å². The number of nitrogens with zero attached hydrogens (tertiary/aromatic N) is 3. The van der Waals surface area contributed by atoms with Crippen LogP contribution in [0.3, 0.4) is 0 Å². The summed E-state index contributed by atoms with van der Waals surface area (Å²) in [6.07, 6.45) is 1.93. The van der Waals surface area contributed by atoms with E-state index in [-0.39, 0.29) is 11.8 Å². The fraction of sp³-hybridized carbons (Fsp3) is 0.235. The Labute approximate surface area is 229 Å². The lowest BCUT2D eigenvalue weighted by molar-refractivity contribution is -0.133. The van der Waals surface area contributed by atoms with Crippen LogP contribution in [0.1, 0.15) is 35.7 Å². The van der Waals surface area contributed by atoms with Crippen molar-refractivity contribution in [1.82, 2.24) is 14.5 Å². The lowest BCUT2D eigenvalue weighted by Crippen LogP contribution is -2.42. The molecule has 1 aliphatic rings. The van der Waals surface area contributed by atoms with Gasteiger partial charge < -0.3 is 14.2 Å². The number of hydrogen-bond donors (Lipinski definition) is 0. The largest absolute Gasteiger partial charge is 0.486 e. The van der Waals surface area contributed by atoms with Crippen molar-refractivity contribution in [2.24, 2.45) is 5.92 Å². The molecule has 1 amide bonds. The molecule has 196 valence electrons. The molecule has 0 atom stereocenters. The van der Waals surface area contributed by atoms with E-state index in [4.69, 9.17) is 9.72 Å². The number of carbonyl (C=O) groups is 1. The van der Waals surface area contributed by atoms with Crippen LogP contribution in [0.5, 0.6) is 5.75 Å². The number of amides is 1. The Kier molecular flexibility index (Phi) is 7.39. The molecular weight excluding hydrogens is 482 g/mol. The smallest absolute Gasteiger partial charge is 0.234 e. The Bertz CT molecular complexity index is 1470. The predicted molar refractivity (Wildman–Crippen MR) is 155 cm³/mol. The zero-order chi connectivity index (χ0) is 26.4. The Hall–Kier alpha value is -4.38. The van der Waals surface area contributed by atoms with E-state index in [1.807, 2.05) is 72.8 Å². The number of benzene rings is 4. The second kappa shape index (κ2) is 11.6. The van der Waals surface area contributed by atoms with Gasteiger partial charge in [-0.2, -0.15) is 0 Å². The van der Waals surface area contributed by atoms with Crippen LogP contribution in [0.4, 0.5) is 0 Å². The van der Waals surface area contributed by atoms with Crippen LogP contribution >= 0.6 is 0 Å². The molecule has 5 heteroatoms. The fourth-order valence-electron chi connectivity index (χ4n) is 5.65. The van der Waals surface area contributed by atoms with Crippen molar-refractivity contribution in [1.29, 1.82) is 0 Å². The Morgan fingerprint density at radius 3 is 1.97 bits per heavy atom. The number of carbonyl (C=O) groups excluding carboxylic acids is 1. The molecule has 0 spiro atoms. The molecule has 0 radical (unpaired) electrons. The zero-order valence-corrected chi connectivity index (χ0v) is 22.0. The summed E-state index contributed by atoms with van der Waals surface area (Å²) in [7, 11) is 0. The summed E-state index contributed by atoms with van der Waals surface area (Å²) >= 11 is 0. The maximum absolute atomic E-state index is 13.9. The topological polar surface area (TPSA) is 47.4 Å². The van der Waals surface area contributed by atoms with Crippen molar-refractivity contribution < 1.29 is 9.53 Å². The number of para-hydroxylation sites is 3. The number of piperidine rings is 1. The summed E-state index contributed by atoms with van der Waals surface area (Å²) in [6.45, 7) is 2.83. The van der Waals surface area contributed by atoms with E-state index in [2.05, 4.69) is 51.9 Å². The number of hydrogen-bond acceptors (Lipinski definition) is 3. The second-order valence-electron chi connectivity index (χ2n) is 10.3. The lowest BCUT2D eigenvalue weighted by atomic mass is 9.88. The highest BCUT2D eigenvalue weighted by molar-refractivity contribution is 5.87. The van der Waals surface area contributed by atoms with E-state index in [0.29, 0.717) is 12.5 Å². The van der Waals surface area contributed by atoms with E-state index < -0.39 is 0 Å². The summed E-state index contributed by atoms with van der Waals surface area (Å²) in [6, 6.07) is 38.5. The molecule has 39 heavy (non-hydrogen) atoms. The average Bonchev–Trinajstić information content (AvgIpc) is 3.35. The maximum atomic E-state index is 13.9. The summed E-state index contributed by atoms with van der Waals surface area (Å²) < 4.78 is 8.39. The van der Waals surface area contributed by atoms with Gasteiger partial charge in [0.1, 0.15) is 18.2 Å². The van der Waals surface area contributed by atoms with Crippen molar-refractivity contribution >= 4 is 16.9 Å². The number of fused-ring (bicyclic) bond motifs is 1. The first-order valence-electron chi connectivity index (χ1n) is 13.8. The van der Waals surface area contributed by atoms with Crippen LogP contribution in [0.15, 0.2) is 115 Å². The van der Waals surface area contributed by atoms with Crippen LogP contribution in [-0.2, 0) is 17.9 Å². The molecule has 2 heterocycles. The van der Waals surface area contributed by atoms with Gasteiger partial charge in [-0.3, -0.25) is 4.79 Å². The number of likely N-dealkylation sites (tertiary alicyclic amines) is 1. The Morgan fingerprint density at radius 2 is 1.33 bits per heavy atom. The van der Waals surface area contributed by atoms with Gasteiger partial charge in [0.25, 0.3) is 0 Å². The first kappa shape index (κ1) is 24.9. The van der Waals surface area contributed by atoms with E-state index in [9.17, 15) is 4.79 Å². The molecule has 0 bridgehead atoms. The zero-order valence-electron chi connectivity index (χ0n) is 22.0. The van der Waals surface area contributed by atoms with Gasteiger partial charge in [-0.05, 0) is 54.2 Å². The molecule has 0 saturated carbocycles. The molecule has 1 aliphatic heterocycles. The van der Waals surface area contributed by atoms with Crippen LogP contribution in [0.2, 0.25) is 0 Å². The lowest BCUT2D eigenvalue weighted by Gasteiger charge is -2.35. The third-order valence-corrected chi connectivity index (χ3v) is 7.72. The van der Waals surface area contributed by atoms with Crippen molar-refractivity contribution in [3.8, 4) is 5.75 Å². The van der Waals surface area contributed by atoms with Gasteiger partial charge in [-0.15, -0.1) is 0 Å². The quantitative estimate of drug-likeness (QED) is 0.231. The van der Waals surface area contributed by atoms with Crippen molar-refractivity contribution in [2.75, 3.05) is 13.1 Å². The summed E-state index contributed by atoms with van der Waals surface area (Å²) in [5.74, 6) is 2.16. The molecule has 5 aromatic rings. The highest BCUT2D eigenvalue weighted by Crippen LogP contribution is 2.30. The molecule has 1 aromatic heterocycles. The first-order valence-corrected chi connectivity index (χ1v) is 13.8. The minimum atomic E-state index is -0.275. The van der Waals surface area contributed by atoms with Gasteiger partial charge in [0.05, 0.1) is 17.0 Å². The Morgan fingerprint density at radius 1 is 0.769 bits per heavy atom. The molecule has 4 aromatic carbocycles. The third-order valence-electron chi connectivity index (χ3n) is 7.72. The van der Waals surface area contributed by atoms with Crippen molar-refractivity contribution in [2.45, 2.75) is 31.9 Å². The van der Waals surface area contributed by atoms with E-state index >= 15 is 0 Å². The molecule has 0 aliphatic carbocycles. The number of imidazole rings is 1. The number of aromatic nitrogens is 2. The minimum Gasteiger partial charge on any atom is -0.486 e. The van der Waals surface area contributed by atoms with E-state index in [1.54, 1.807) is 0 Å². The van der Waals surface area contributed by atoms with Crippen LogP contribution < -0.4 is 4.74 Å².